The third kappa shape index (κ3) is 2.29. The third-order valence-electron chi connectivity index (χ3n) is 2.47. The summed E-state index contributed by atoms with van der Waals surface area (Å²) >= 11 is 12.0. The smallest absolute Gasteiger partial charge is 0.160 e. The van der Waals surface area contributed by atoms with Crippen LogP contribution in [0.15, 0.2) is 24.5 Å². The molecule has 4 nitrogen and oxygen atoms in total. The first-order valence-electron chi connectivity index (χ1n) is 5.14. The number of nitrogens with zero attached hydrogens (tertiary/aromatic N) is 3. The number of hydrogen-bond acceptors (Lipinski definition) is 3. The molecule has 0 amide bonds. The van der Waals surface area contributed by atoms with Crippen molar-refractivity contribution >= 4 is 23.2 Å². The maximum absolute atomic E-state index is 10.2. The van der Waals surface area contributed by atoms with Gasteiger partial charge in [0.05, 0.1) is 10.0 Å². The highest BCUT2D eigenvalue weighted by Gasteiger charge is 2.20. The normalized spacial score (nSPS) is 12.7. The molecule has 17 heavy (non-hydrogen) atoms. The van der Waals surface area contributed by atoms with E-state index in [-0.39, 0.29) is 0 Å². The number of rotatable bonds is 3. The van der Waals surface area contributed by atoms with Crippen molar-refractivity contribution in [1.82, 2.24) is 14.8 Å². The van der Waals surface area contributed by atoms with Crippen LogP contribution in [0.25, 0.3) is 0 Å². The maximum Gasteiger partial charge on any atom is 0.160 e. The molecule has 1 aromatic heterocycles. The highest BCUT2D eigenvalue weighted by molar-refractivity contribution is 6.42. The quantitative estimate of drug-likeness (QED) is 0.934. The molecule has 0 spiro atoms. The maximum atomic E-state index is 10.2. The lowest BCUT2D eigenvalue weighted by molar-refractivity contribution is 0.203. The minimum atomic E-state index is -0.927. The number of halogens is 2. The summed E-state index contributed by atoms with van der Waals surface area (Å²) in [6.45, 7) is 2.55. The SMILES string of the molecule is CCn1ncnc1C(O)c1cccc(Cl)c1Cl. The molecule has 0 saturated heterocycles. The van der Waals surface area contributed by atoms with Crippen LogP contribution in [0.1, 0.15) is 24.4 Å². The van der Waals surface area contributed by atoms with Crippen LogP contribution in [0.4, 0.5) is 0 Å². The number of hydrogen-bond donors (Lipinski definition) is 1. The number of aliphatic hydroxyl groups excluding tert-OH is 1. The summed E-state index contributed by atoms with van der Waals surface area (Å²) in [5, 5.41) is 15.0. The number of aliphatic hydroxyl groups is 1. The molecule has 0 aliphatic carbocycles. The Hall–Kier alpha value is -1.10. The van der Waals surface area contributed by atoms with E-state index in [2.05, 4.69) is 10.1 Å². The van der Waals surface area contributed by atoms with E-state index in [4.69, 9.17) is 23.2 Å². The Morgan fingerprint density at radius 2 is 2.18 bits per heavy atom. The molecule has 0 aliphatic heterocycles. The zero-order valence-electron chi connectivity index (χ0n) is 9.14. The van der Waals surface area contributed by atoms with Crippen molar-refractivity contribution in [3.63, 3.8) is 0 Å². The summed E-state index contributed by atoms with van der Waals surface area (Å²) in [4.78, 5) is 4.03. The van der Waals surface area contributed by atoms with Gasteiger partial charge in [-0.25, -0.2) is 9.67 Å². The van der Waals surface area contributed by atoms with Gasteiger partial charge in [0, 0.05) is 12.1 Å². The van der Waals surface area contributed by atoms with E-state index >= 15 is 0 Å². The van der Waals surface area contributed by atoms with Gasteiger partial charge in [-0.3, -0.25) is 0 Å². The molecule has 1 heterocycles. The highest BCUT2D eigenvalue weighted by atomic mass is 35.5. The van der Waals surface area contributed by atoms with Gasteiger partial charge in [-0.15, -0.1) is 0 Å². The number of benzene rings is 1. The second-order valence-electron chi connectivity index (χ2n) is 3.48. The molecule has 2 rings (SSSR count). The molecule has 0 bridgehead atoms. The second-order valence-corrected chi connectivity index (χ2v) is 4.26. The predicted molar refractivity (Wildman–Crippen MR) is 66.2 cm³/mol. The summed E-state index contributed by atoms with van der Waals surface area (Å²) in [7, 11) is 0. The highest BCUT2D eigenvalue weighted by Crippen LogP contribution is 2.32. The van der Waals surface area contributed by atoms with Crippen LogP contribution in [0.2, 0.25) is 10.0 Å². The van der Waals surface area contributed by atoms with E-state index in [9.17, 15) is 5.11 Å². The minimum absolute atomic E-state index is 0.340. The van der Waals surface area contributed by atoms with Crippen molar-refractivity contribution < 1.29 is 5.11 Å². The van der Waals surface area contributed by atoms with E-state index in [1.54, 1.807) is 22.9 Å². The first-order chi connectivity index (χ1) is 8.15. The van der Waals surface area contributed by atoms with Crippen molar-refractivity contribution in [2.24, 2.45) is 0 Å². The lowest BCUT2D eigenvalue weighted by Crippen LogP contribution is -2.10. The van der Waals surface area contributed by atoms with Gasteiger partial charge in [0.15, 0.2) is 5.82 Å². The van der Waals surface area contributed by atoms with Crippen LogP contribution >= 0.6 is 23.2 Å². The summed E-state index contributed by atoms with van der Waals surface area (Å²) < 4.78 is 1.61. The van der Waals surface area contributed by atoms with Crippen LogP contribution in [0, 0.1) is 0 Å². The van der Waals surface area contributed by atoms with Crippen LogP contribution < -0.4 is 0 Å². The topological polar surface area (TPSA) is 50.9 Å². The van der Waals surface area contributed by atoms with E-state index in [0.29, 0.717) is 28.0 Å². The molecule has 2 aromatic rings. The summed E-state index contributed by atoms with van der Waals surface area (Å²) in [6, 6.07) is 5.12. The summed E-state index contributed by atoms with van der Waals surface area (Å²) in [5.74, 6) is 0.455. The fourth-order valence-electron chi connectivity index (χ4n) is 1.60. The van der Waals surface area contributed by atoms with Crippen molar-refractivity contribution in [3.8, 4) is 0 Å². The number of aryl methyl sites for hydroxylation is 1. The van der Waals surface area contributed by atoms with Gasteiger partial charge in [-0.1, -0.05) is 35.3 Å². The zero-order valence-corrected chi connectivity index (χ0v) is 10.7. The van der Waals surface area contributed by atoms with E-state index in [1.807, 2.05) is 6.92 Å². The average Bonchev–Trinajstić information content (AvgIpc) is 2.80. The van der Waals surface area contributed by atoms with E-state index < -0.39 is 6.10 Å². The lowest BCUT2D eigenvalue weighted by atomic mass is 10.1. The standard InChI is InChI=1S/C11H11Cl2N3O/c1-2-16-11(14-6-15-16)10(17)7-4-3-5-8(12)9(7)13/h3-6,10,17H,2H2,1H3. The Bertz CT molecular complexity index is 527. The van der Waals surface area contributed by atoms with Crippen molar-refractivity contribution in [1.29, 1.82) is 0 Å². The second kappa shape index (κ2) is 5.04. The molecule has 0 radical (unpaired) electrons. The Balaban J connectivity index is 2.44. The van der Waals surface area contributed by atoms with Gasteiger partial charge in [0.1, 0.15) is 12.4 Å². The van der Waals surface area contributed by atoms with Crippen LogP contribution in [-0.2, 0) is 6.54 Å². The molecule has 0 aliphatic rings. The Morgan fingerprint density at radius 3 is 2.88 bits per heavy atom. The summed E-state index contributed by atoms with van der Waals surface area (Å²) in [6.07, 6.45) is 0.476. The Kier molecular flexibility index (Phi) is 3.66. The zero-order chi connectivity index (χ0) is 12.4. The molecule has 1 aromatic carbocycles. The predicted octanol–water partition coefficient (Wildman–Crippen LogP) is 2.69. The average molecular weight is 272 g/mol. The van der Waals surface area contributed by atoms with Gasteiger partial charge in [0.2, 0.25) is 0 Å². The molecule has 90 valence electrons. The molecule has 1 unspecified atom stereocenters. The molecule has 0 saturated carbocycles. The fraction of sp³-hybridized carbons (Fsp3) is 0.273. The third-order valence-corrected chi connectivity index (χ3v) is 3.30. The van der Waals surface area contributed by atoms with Crippen molar-refractivity contribution in [3.05, 3.63) is 46.0 Å². The van der Waals surface area contributed by atoms with Gasteiger partial charge >= 0.3 is 0 Å². The van der Waals surface area contributed by atoms with Crippen LogP contribution in [0.3, 0.4) is 0 Å². The van der Waals surface area contributed by atoms with Gasteiger partial charge < -0.3 is 5.11 Å². The van der Waals surface area contributed by atoms with Gasteiger partial charge in [-0.05, 0) is 13.0 Å². The van der Waals surface area contributed by atoms with Crippen molar-refractivity contribution in [2.75, 3.05) is 0 Å². The Labute approximate surface area is 109 Å². The fourth-order valence-corrected chi connectivity index (χ4v) is 2.01. The van der Waals surface area contributed by atoms with Crippen LogP contribution in [-0.4, -0.2) is 19.9 Å². The molecule has 1 atom stereocenters. The minimum Gasteiger partial charge on any atom is -0.380 e. The molecule has 0 fully saturated rings. The van der Waals surface area contributed by atoms with Gasteiger partial charge in [-0.2, -0.15) is 5.10 Å². The lowest BCUT2D eigenvalue weighted by Gasteiger charge is -2.13. The van der Waals surface area contributed by atoms with Crippen molar-refractivity contribution in [2.45, 2.75) is 19.6 Å². The Morgan fingerprint density at radius 1 is 1.41 bits per heavy atom. The first kappa shape index (κ1) is 12.4. The van der Waals surface area contributed by atoms with Gasteiger partial charge in [0.25, 0.3) is 0 Å². The molecular weight excluding hydrogens is 261 g/mol. The molecule has 1 N–H and O–H groups in total. The number of aromatic nitrogens is 3. The molecular formula is C11H11Cl2N3O. The monoisotopic (exact) mass is 271 g/mol. The first-order valence-corrected chi connectivity index (χ1v) is 5.90. The largest absolute Gasteiger partial charge is 0.380 e. The summed E-state index contributed by atoms with van der Waals surface area (Å²) in [5.41, 5.74) is 0.530. The van der Waals surface area contributed by atoms with Crippen LogP contribution in [0.5, 0.6) is 0 Å². The van der Waals surface area contributed by atoms with E-state index in [1.165, 1.54) is 6.33 Å². The van der Waals surface area contributed by atoms with E-state index in [0.717, 1.165) is 0 Å². The molecule has 6 heteroatoms.